The summed E-state index contributed by atoms with van der Waals surface area (Å²) in [5.74, 6) is 1.58. The Bertz CT molecular complexity index is 347. The van der Waals surface area contributed by atoms with Crippen LogP contribution in [0.15, 0.2) is 4.42 Å². The van der Waals surface area contributed by atoms with Gasteiger partial charge in [0.25, 0.3) is 0 Å². The third-order valence-corrected chi connectivity index (χ3v) is 2.39. The Morgan fingerprint density at radius 1 is 1.41 bits per heavy atom. The smallest absolute Gasteiger partial charge is 0.220 e. The molecule has 1 aromatic heterocycles. The minimum atomic E-state index is 0.0930. The molecule has 0 fully saturated rings. The molecule has 1 heterocycles. The van der Waals surface area contributed by atoms with Gasteiger partial charge < -0.3 is 9.73 Å². The van der Waals surface area contributed by atoms with Gasteiger partial charge in [0.15, 0.2) is 0 Å². The first-order valence-corrected chi connectivity index (χ1v) is 6.22. The van der Waals surface area contributed by atoms with Gasteiger partial charge in [-0.25, -0.2) is 0 Å². The monoisotopic (exact) mass is 239 g/mol. The largest absolute Gasteiger partial charge is 0.425 e. The number of carbonyl (C=O) groups excluding carboxylic acids is 1. The molecular formula is C12H21N3O2. The van der Waals surface area contributed by atoms with Crippen molar-refractivity contribution in [2.75, 3.05) is 6.54 Å². The highest BCUT2D eigenvalue weighted by Crippen LogP contribution is 2.11. The van der Waals surface area contributed by atoms with Crippen LogP contribution in [-0.4, -0.2) is 22.6 Å². The first kappa shape index (κ1) is 13.7. The molecule has 0 aliphatic heterocycles. The van der Waals surface area contributed by atoms with Crippen LogP contribution < -0.4 is 5.32 Å². The van der Waals surface area contributed by atoms with Gasteiger partial charge in [-0.05, 0) is 6.42 Å². The van der Waals surface area contributed by atoms with E-state index in [4.69, 9.17) is 4.42 Å². The van der Waals surface area contributed by atoms with Crippen LogP contribution in [0.25, 0.3) is 0 Å². The van der Waals surface area contributed by atoms with Gasteiger partial charge >= 0.3 is 0 Å². The van der Waals surface area contributed by atoms with E-state index in [2.05, 4.69) is 22.4 Å². The highest BCUT2D eigenvalue weighted by Gasteiger charge is 2.09. The number of nitrogens with zero attached hydrogens (tertiary/aromatic N) is 2. The molecule has 1 rings (SSSR count). The highest BCUT2D eigenvalue weighted by molar-refractivity contribution is 5.75. The molecule has 0 aromatic carbocycles. The van der Waals surface area contributed by atoms with E-state index in [-0.39, 0.29) is 11.8 Å². The molecule has 0 atom stereocenters. The van der Waals surface area contributed by atoms with E-state index in [9.17, 15) is 4.79 Å². The van der Waals surface area contributed by atoms with Crippen LogP contribution in [0.1, 0.15) is 57.7 Å². The van der Waals surface area contributed by atoms with Gasteiger partial charge in [0.2, 0.25) is 17.7 Å². The molecule has 1 N–H and O–H groups in total. The molecule has 0 aliphatic carbocycles. The summed E-state index contributed by atoms with van der Waals surface area (Å²) < 4.78 is 5.43. The summed E-state index contributed by atoms with van der Waals surface area (Å²) in [6, 6.07) is 0. The number of unbranched alkanes of at least 4 members (excludes halogenated alkanes) is 1. The fraction of sp³-hybridized carbons (Fsp3) is 0.750. The Balaban J connectivity index is 2.23. The summed E-state index contributed by atoms with van der Waals surface area (Å²) in [4.78, 5) is 11.3. The third kappa shape index (κ3) is 4.97. The maximum atomic E-state index is 11.3. The Labute approximate surface area is 102 Å². The van der Waals surface area contributed by atoms with Crippen molar-refractivity contribution in [3.8, 4) is 0 Å². The summed E-state index contributed by atoms with van der Waals surface area (Å²) in [6.45, 7) is 6.63. The van der Waals surface area contributed by atoms with E-state index in [1.807, 2.05) is 13.8 Å². The predicted molar refractivity (Wildman–Crippen MR) is 64.6 cm³/mol. The van der Waals surface area contributed by atoms with Crippen molar-refractivity contribution in [1.82, 2.24) is 15.5 Å². The molecule has 96 valence electrons. The van der Waals surface area contributed by atoms with Gasteiger partial charge in [0.05, 0.1) is 0 Å². The first-order valence-electron chi connectivity index (χ1n) is 6.22. The number of rotatable bonds is 7. The fourth-order valence-electron chi connectivity index (χ4n) is 1.34. The summed E-state index contributed by atoms with van der Waals surface area (Å²) in [6.07, 6.45) is 3.16. The molecular weight excluding hydrogens is 218 g/mol. The van der Waals surface area contributed by atoms with Crippen LogP contribution in [0, 0.1) is 0 Å². The lowest BCUT2D eigenvalue weighted by molar-refractivity contribution is -0.121. The van der Waals surface area contributed by atoms with E-state index in [1.165, 1.54) is 0 Å². The molecule has 5 nitrogen and oxygen atoms in total. The van der Waals surface area contributed by atoms with E-state index in [0.29, 0.717) is 31.2 Å². The summed E-state index contributed by atoms with van der Waals surface area (Å²) >= 11 is 0. The van der Waals surface area contributed by atoms with E-state index < -0.39 is 0 Å². The minimum Gasteiger partial charge on any atom is -0.425 e. The van der Waals surface area contributed by atoms with Crippen molar-refractivity contribution in [2.45, 2.75) is 52.4 Å². The first-order chi connectivity index (χ1) is 8.13. The highest BCUT2D eigenvalue weighted by atomic mass is 16.4. The number of aromatic nitrogens is 2. The molecule has 1 amide bonds. The van der Waals surface area contributed by atoms with Crippen molar-refractivity contribution in [3.05, 3.63) is 11.8 Å². The van der Waals surface area contributed by atoms with Gasteiger partial charge in [0, 0.05) is 25.3 Å². The van der Waals surface area contributed by atoms with Crippen LogP contribution in [0.2, 0.25) is 0 Å². The number of hydrogen-bond acceptors (Lipinski definition) is 4. The van der Waals surface area contributed by atoms with Gasteiger partial charge in [0.1, 0.15) is 0 Å². The SMILES string of the molecule is CCCCC(=O)NCCc1nnc(C(C)C)o1. The van der Waals surface area contributed by atoms with Crippen LogP contribution in [0.4, 0.5) is 0 Å². The average Bonchev–Trinajstić information content (AvgIpc) is 2.75. The van der Waals surface area contributed by atoms with Crippen molar-refractivity contribution in [3.63, 3.8) is 0 Å². The number of amides is 1. The van der Waals surface area contributed by atoms with Crippen molar-refractivity contribution >= 4 is 5.91 Å². The summed E-state index contributed by atoms with van der Waals surface area (Å²) in [5, 5.41) is 10.7. The zero-order valence-corrected chi connectivity index (χ0v) is 10.8. The second-order valence-electron chi connectivity index (χ2n) is 4.39. The second-order valence-corrected chi connectivity index (χ2v) is 4.39. The molecule has 0 aliphatic rings. The zero-order valence-electron chi connectivity index (χ0n) is 10.8. The maximum absolute atomic E-state index is 11.3. The molecule has 0 spiro atoms. The third-order valence-electron chi connectivity index (χ3n) is 2.39. The van der Waals surface area contributed by atoms with Gasteiger partial charge in [-0.2, -0.15) is 0 Å². The van der Waals surface area contributed by atoms with Gasteiger partial charge in [-0.3, -0.25) is 4.79 Å². The number of nitrogens with one attached hydrogen (secondary N) is 1. The zero-order chi connectivity index (χ0) is 12.7. The molecule has 1 aromatic rings. The molecule has 0 bridgehead atoms. The molecule has 17 heavy (non-hydrogen) atoms. The van der Waals surface area contributed by atoms with Crippen LogP contribution in [-0.2, 0) is 11.2 Å². The average molecular weight is 239 g/mol. The Morgan fingerprint density at radius 3 is 2.76 bits per heavy atom. The van der Waals surface area contributed by atoms with Crippen LogP contribution >= 0.6 is 0 Å². The van der Waals surface area contributed by atoms with Crippen molar-refractivity contribution in [2.24, 2.45) is 0 Å². The van der Waals surface area contributed by atoms with Crippen LogP contribution in [0.5, 0.6) is 0 Å². The van der Waals surface area contributed by atoms with Gasteiger partial charge in [-0.1, -0.05) is 27.2 Å². The Kier molecular flexibility index (Phi) is 5.66. The summed E-state index contributed by atoms with van der Waals surface area (Å²) in [5.41, 5.74) is 0. The molecule has 0 saturated heterocycles. The molecule has 0 saturated carbocycles. The topological polar surface area (TPSA) is 68.0 Å². The predicted octanol–water partition coefficient (Wildman–Crippen LogP) is 2.04. The van der Waals surface area contributed by atoms with E-state index >= 15 is 0 Å². The van der Waals surface area contributed by atoms with Crippen molar-refractivity contribution < 1.29 is 9.21 Å². The lowest BCUT2D eigenvalue weighted by Crippen LogP contribution is -2.25. The number of hydrogen-bond donors (Lipinski definition) is 1. The maximum Gasteiger partial charge on any atom is 0.220 e. The lowest BCUT2D eigenvalue weighted by atomic mass is 10.2. The van der Waals surface area contributed by atoms with E-state index in [0.717, 1.165) is 12.8 Å². The molecule has 0 unspecified atom stereocenters. The van der Waals surface area contributed by atoms with E-state index in [1.54, 1.807) is 0 Å². The quantitative estimate of drug-likeness (QED) is 0.790. The van der Waals surface area contributed by atoms with Gasteiger partial charge in [-0.15, -0.1) is 10.2 Å². The second kappa shape index (κ2) is 7.04. The lowest BCUT2D eigenvalue weighted by Gasteiger charge is -2.02. The van der Waals surface area contributed by atoms with Crippen molar-refractivity contribution in [1.29, 1.82) is 0 Å². The number of carbonyl (C=O) groups is 1. The molecule has 0 radical (unpaired) electrons. The Hall–Kier alpha value is -1.39. The minimum absolute atomic E-state index is 0.0930. The summed E-state index contributed by atoms with van der Waals surface area (Å²) in [7, 11) is 0. The Morgan fingerprint density at radius 2 is 2.18 bits per heavy atom. The van der Waals surface area contributed by atoms with Crippen LogP contribution in [0.3, 0.4) is 0 Å². The standard InChI is InChI=1S/C12H21N3O2/c1-4-5-6-10(16)13-8-7-11-14-15-12(17-11)9(2)3/h9H,4-8H2,1-3H3,(H,13,16). The fourth-order valence-corrected chi connectivity index (χ4v) is 1.34. The normalized spacial score (nSPS) is 10.8. The molecule has 5 heteroatoms.